The van der Waals surface area contributed by atoms with Crippen LogP contribution in [0.4, 0.5) is 5.69 Å². The van der Waals surface area contributed by atoms with E-state index in [4.69, 9.17) is 38.0 Å². The molecule has 0 aromatic heterocycles. The molecule has 3 rings (SSSR count). The summed E-state index contributed by atoms with van der Waals surface area (Å²) in [6.07, 6.45) is 0.699. The molecule has 0 saturated carbocycles. The first-order valence-electron chi connectivity index (χ1n) is 9.05. The summed E-state index contributed by atoms with van der Waals surface area (Å²) >= 11 is 11.8. The molecule has 1 aliphatic rings. The van der Waals surface area contributed by atoms with Gasteiger partial charge in [0.15, 0.2) is 5.11 Å². The molecule has 154 valence electrons. The van der Waals surface area contributed by atoms with Gasteiger partial charge in [-0.15, -0.1) is 0 Å². The van der Waals surface area contributed by atoms with Crippen LogP contribution >= 0.6 is 23.8 Å². The van der Waals surface area contributed by atoms with Crippen LogP contribution in [0.25, 0.3) is 0 Å². The van der Waals surface area contributed by atoms with E-state index in [0.29, 0.717) is 27.8 Å². The highest BCUT2D eigenvalue weighted by Gasteiger charge is 2.34. The summed E-state index contributed by atoms with van der Waals surface area (Å²) in [5.41, 5.74) is 1.49. The van der Waals surface area contributed by atoms with Gasteiger partial charge < -0.3 is 24.8 Å². The van der Waals surface area contributed by atoms with Crippen LogP contribution in [0.5, 0.6) is 11.5 Å². The first-order valence-corrected chi connectivity index (χ1v) is 9.83. The number of thiocarbonyl (C=S) groups is 1. The minimum absolute atomic E-state index is 0.0913. The van der Waals surface area contributed by atoms with Gasteiger partial charge in [0, 0.05) is 12.0 Å². The van der Waals surface area contributed by atoms with Gasteiger partial charge in [-0.25, -0.2) is 4.79 Å². The third-order valence-electron chi connectivity index (χ3n) is 4.62. The topological polar surface area (TPSA) is 68.8 Å². The Labute approximate surface area is 180 Å². The Kier molecular flexibility index (Phi) is 6.19. The number of rotatable bonds is 4. The van der Waals surface area contributed by atoms with E-state index >= 15 is 0 Å². The number of methoxy groups -OCH3 is 2. The van der Waals surface area contributed by atoms with Gasteiger partial charge in [-0.2, -0.15) is 0 Å². The van der Waals surface area contributed by atoms with E-state index in [1.807, 2.05) is 32.0 Å². The Morgan fingerprint density at radius 3 is 2.69 bits per heavy atom. The molecular formula is C21H23ClN2O4S. The molecule has 0 aliphatic carbocycles. The van der Waals surface area contributed by atoms with Crippen molar-refractivity contribution in [2.45, 2.75) is 31.9 Å². The second-order valence-electron chi connectivity index (χ2n) is 7.31. The zero-order valence-electron chi connectivity index (χ0n) is 16.7. The number of fused-ring (bicyclic) bond motifs is 1. The largest absolute Gasteiger partial charge is 0.497 e. The van der Waals surface area contributed by atoms with Crippen molar-refractivity contribution in [3.05, 3.63) is 52.5 Å². The number of benzene rings is 2. The van der Waals surface area contributed by atoms with Gasteiger partial charge in [-0.3, -0.25) is 0 Å². The van der Waals surface area contributed by atoms with Crippen molar-refractivity contribution in [2.75, 3.05) is 19.5 Å². The Morgan fingerprint density at radius 1 is 1.24 bits per heavy atom. The first-order chi connectivity index (χ1) is 13.7. The standard InChI is InChI=1S/C21H23ClN2O4S/c1-21(2)11-17(14-10-13(26-3)6-8-18(14)28-21)24-20(29)23-16-9-12(19(25)27-4)5-7-15(16)22/h5-10,17H,11H2,1-4H3,(H2,23,24,29)/t17-/m0/s1. The summed E-state index contributed by atoms with van der Waals surface area (Å²) in [6, 6.07) is 10.4. The lowest BCUT2D eigenvalue weighted by atomic mass is 9.89. The number of carbonyl (C=O) groups excluding carboxylic acids is 1. The number of anilines is 1. The van der Waals surface area contributed by atoms with E-state index in [9.17, 15) is 4.79 Å². The summed E-state index contributed by atoms with van der Waals surface area (Å²) in [7, 11) is 2.95. The van der Waals surface area contributed by atoms with Crippen LogP contribution in [0.1, 0.15) is 42.2 Å². The van der Waals surface area contributed by atoms with Gasteiger partial charge in [-0.1, -0.05) is 11.6 Å². The van der Waals surface area contributed by atoms with Gasteiger partial charge in [0.1, 0.15) is 17.1 Å². The summed E-state index contributed by atoms with van der Waals surface area (Å²) in [5, 5.41) is 7.22. The van der Waals surface area contributed by atoms with E-state index < -0.39 is 5.97 Å². The normalized spacial score (nSPS) is 16.8. The number of ether oxygens (including phenoxy) is 3. The molecule has 1 atom stereocenters. The van der Waals surface area contributed by atoms with Crippen molar-refractivity contribution in [2.24, 2.45) is 0 Å². The van der Waals surface area contributed by atoms with E-state index in [1.165, 1.54) is 7.11 Å². The molecule has 29 heavy (non-hydrogen) atoms. The lowest BCUT2D eigenvalue weighted by molar-refractivity contribution is 0.0600. The van der Waals surface area contributed by atoms with E-state index in [2.05, 4.69) is 10.6 Å². The smallest absolute Gasteiger partial charge is 0.337 e. The summed E-state index contributed by atoms with van der Waals surface area (Å²) < 4.78 is 16.2. The van der Waals surface area contributed by atoms with E-state index in [-0.39, 0.29) is 11.6 Å². The third kappa shape index (κ3) is 4.92. The van der Waals surface area contributed by atoms with Crippen LogP contribution < -0.4 is 20.1 Å². The van der Waals surface area contributed by atoms with Gasteiger partial charge >= 0.3 is 5.97 Å². The van der Waals surface area contributed by atoms with Crippen LogP contribution in [0.15, 0.2) is 36.4 Å². The maximum Gasteiger partial charge on any atom is 0.337 e. The molecule has 0 bridgehead atoms. The van der Waals surface area contributed by atoms with Crippen molar-refractivity contribution in [3.8, 4) is 11.5 Å². The fourth-order valence-corrected chi connectivity index (χ4v) is 3.69. The highest BCUT2D eigenvalue weighted by atomic mass is 35.5. The van der Waals surface area contributed by atoms with Crippen molar-refractivity contribution in [3.63, 3.8) is 0 Å². The molecule has 0 unspecified atom stereocenters. The molecule has 0 radical (unpaired) electrons. The lowest BCUT2D eigenvalue weighted by Gasteiger charge is -2.38. The number of hydrogen-bond donors (Lipinski definition) is 2. The van der Waals surface area contributed by atoms with Gasteiger partial charge in [0.25, 0.3) is 0 Å². The highest BCUT2D eigenvalue weighted by molar-refractivity contribution is 7.80. The van der Waals surface area contributed by atoms with E-state index in [1.54, 1.807) is 25.3 Å². The number of nitrogens with one attached hydrogen (secondary N) is 2. The fraction of sp³-hybridized carbons (Fsp3) is 0.333. The fourth-order valence-electron chi connectivity index (χ4n) is 3.27. The highest BCUT2D eigenvalue weighted by Crippen LogP contribution is 2.41. The molecule has 0 saturated heterocycles. The van der Waals surface area contributed by atoms with Gasteiger partial charge in [0.05, 0.1) is 36.5 Å². The Morgan fingerprint density at radius 2 is 2.00 bits per heavy atom. The number of halogens is 1. The summed E-state index contributed by atoms with van der Waals surface area (Å²) in [6.45, 7) is 4.06. The molecule has 0 fully saturated rings. The van der Waals surface area contributed by atoms with Crippen molar-refractivity contribution in [1.29, 1.82) is 0 Å². The van der Waals surface area contributed by atoms with Crippen LogP contribution in [0.3, 0.4) is 0 Å². The molecule has 6 nitrogen and oxygen atoms in total. The molecule has 0 amide bonds. The number of carbonyl (C=O) groups is 1. The Hall–Kier alpha value is -2.51. The van der Waals surface area contributed by atoms with Crippen LogP contribution in [-0.4, -0.2) is 30.9 Å². The molecule has 8 heteroatoms. The lowest BCUT2D eigenvalue weighted by Crippen LogP contribution is -2.42. The van der Waals surface area contributed by atoms with Crippen molar-refractivity contribution in [1.82, 2.24) is 5.32 Å². The minimum Gasteiger partial charge on any atom is -0.497 e. The van der Waals surface area contributed by atoms with Crippen LogP contribution in [-0.2, 0) is 4.74 Å². The summed E-state index contributed by atoms with van der Waals surface area (Å²) in [4.78, 5) is 11.8. The van der Waals surface area contributed by atoms with Gasteiger partial charge in [-0.05, 0) is 62.5 Å². The van der Waals surface area contributed by atoms with Crippen molar-refractivity contribution >= 4 is 40.6 Å². The van der Waals surface area contributed by atoms with E-state index in [0.717, 1.165) is 17.1 Å². The number of esters is 1. The minimum atomic E-state index is -0.448. The molecule has 0 spiro atoms. The Balaban J connectivity index is 1.81. The molecule has 2 N–H and O–H groups in total. The first kappa shape index (κ1) is 21.2. The Bertz CT molecular complexity index is 948. The maximum atomic E-state index is 11.8. The molecule has 2 aromatic rings. The second-order valence-corrected chi connectivity index (χ2v) is 8.12. The zero-order valence-corrected chi connectivity index (χ0v) is 18.2. The monoisotopic (exact) mass is 434 g/mol. The zero-order chi connectivity index (χ0) is 21.2. The average Bonchev–Trinajstić information content (AvgIpc) is 2.68. The number of hydrogen-bond acceptors (Lipinski definition) is 5. The molecule has 1 aliphatic heterocycles. The predicted octanol–water partition coefficient (Wildman–Crippen LogP) is 4.72. The van der Waals surface area contributed by atoms with Crippen molar-refractivity contribution < 1.29 is 19.0 Å². The van der Waals surface area contributed by atoms with Crippen LogP contribution in [0.2, 0.25) is 5.02 Å². The van der Waals surface area contributed by atoms with Gasteiger partial charge in [0.2, 0.25) is 0 Å². The second kappa shape index (κ2) is 8.47. The SMILES string of the molecule is COC(=O)c1ccc(Cl)c(NC(=S)N[C@H]2CC(C)(C)Oc3ccc(OC)cc32)c1. The molecular weight excluding hydrogens is 412 g/mol. The quantitative estimate of drug-likeness (QED) is 0.532. The molecule has 1 heterocycles. The van der Waals surface area contributed by atoms with Crippen LogP contribution in [0, 0.1) is 0 Å². The third-order valence-corrected chi connectivity index (χ3v) is 5.16. The predicted molar refractivity (Wildman–Crippen MR) is 117 cm³/mol. The summed E-state index contributed by atoms with van der Waals surface area (Å²) in [5.74, 6) is 1.08. The molecule has 2 aromatic carbocycles. The maximum absolute atomic E-state index is 11.8. The average molecular weight is 435 g/mol.